The number of halogens is 1. The molecule has 0 radical (unpaired) electrons. The zero-order valence-corrected chi connectivity index (χ0v) is 17.1. The van der Waals surface area contributed by atoms with Gasteiger partial charge in [-0.2, -0.15) is 10.2 Å². The number of hydrogen-bond acceptors (Lipinski definition) is 4. The van der Waals surface area contributed by atoms with Gasteiger partial charge in [0.2, 0.25) is 0 Å². The Morgan fingerprint density at radius 2 is 1.90 bits per heavy atom. The fourth-order valence-electron chi connectivity index (χ4n) is 2.90. The maximum atomic E-state index is 12.5. The third-order valence-electron chi connectivity index (χ3n) is 4.54. The minimum atomic E-state index is -0.310. The van der Waals surface area contributed by atoms with Gasteiger partial charge < -0.3 is 10.1 Å². The van der Waals surface area contributed by atoms with Gasteiger partial charge in [0.05, 0.1) is 18.4 Å². The third-order valence-corrected chi connectivity index (χ3v) is 4.79. The molecule has 152 valence electrons. The number of ether oxygens (including phenoxy) is 1. The van der Waals surface area contributed by atoms with Crippen LogP contribution in [0.5, 0.6) is 5.75 Å². The van der Waals surface area contributed by atoms with E-state index in [4.69, 9.17) is 16.3 Å². The standard InChI is InChI=1S/C22H20ClN5O2/c1-16-4-2-3-5-17(16)13-28-14-19(12-24-28)25-22(29)21-10-11-27(26-21)15-30-20-8-6-18(23)7-9-20/h2-12,14H,13,15H2,1H3,(H,25,29). The number of anilines is 1. The van der Waals surface area contributed by atoms with Crippen molar-refractivity contribution in [3.05, 3.63) is 95.0 Å². The molecule has 0 aliphatic carbocycles. The van der Waals surface area contributed by atoms with Gasteiger partial charge in [0, 0.05) is 17.4 Å². The van der Waals surface area contributed by atoms with Crippen molar-refractivity contribution in [3.8, 4) is 5.75 Å². The summed E-state index contributed by atoms with van der Waals surface area (Å²) in [7, 11) is 0. The van der Waals surface area contributed by atoms with Crippen molar-refractivity contribution >= 4 is 23.2 Å². The summed E-state index contributed by atoms with van der Waals surface area (Å²) in [5.74, 6) is 0.359. The molecular weight excluding hydrogens is 402 g/mol. The van der Waals surface area contributed by atoms with E-state index in [0.29, 0.717) is 28.7 Å². The molecule has 2 heterocycles. The van der Waals surface area contributed by atoms with E-state index in [1.807, 2.05) is 12.1 Å². The van der Waals surface area contributed by atoms with E-state index >= 15 is 0 Å². The van der Waals surface area contributed by atoms with Crippen LogP contribution in [0.1, 0.15) is 21.6 Å². The lowest BCUT2D eigenvalue weighted by Gasteiger charge is -2.06. The predicted octanol–water partition coefficient (Wildman–Crippen LogP) is 4.38. The molecule has 2 aromatic carbocycles. The van der Waals surface area contributed by atoms with Crippen LogP contribution in [0.4, 0.5) is 5.69 Å². The van der Waals surface area contributed by atoms with Gasteiger partial charge in [0.25, 0.3) is 5.91 Å². The Labute approximate surface area is 178 Å². The Morgan fingerprint density at radius 1 is 1.10 bits per heavy atom. The van der Waals surface area contributed by atoms with Gasteiger partial charge >= 0.3 is 0 Å². The summed E-state index contributed by atoms with van der Waals surface area (Å²) in [6, 6.07) is 16.8. The van der Waals surface area contributed by atoms with Gasteiger partial charge in [0.1, 0.15) is 5.75 Å². The zero-order chi connectivity index (χ0) is 20.9. The van der Waals surface area contributed by atoms with Crippen molar-refractivity contribution in [2.75, 3.05) is 5.32 Å². The molecule has 0 spiro atoms. The summed E-state index contributed by atoms with van der Waals surface area (Å²) in [6.07, 6.45) is 5.11. The minimum absolute atomic E-state index is 0.184. The maximum absolute atomic E-state index is 12.5. The molecular formula is C22H20ClN5O2. The fraction of sp³-hybridized carbons (Fsp3) is 0.136. The van der Waals surface area contributed by atoms with E-state index < -0.39 is 0 Å². The summed E-state index contributed by atoms with van der Waals surface area (Å²) in [4.78, 5) is 12.5. The van der Waals surface area contributed by atoms with Crippen LogP contribution in [-0.4, -0.2) is 25.5 Å². The molecule has 1 amide bonds. The van der Waals surface area contributed by atoms with E-state index in [-0.39, 0.29) is 12.6 Å². The Bertz CT molecular complexity index is 1150. The van der Waals surface area contributed by atoms with Crippen LogP contribution in [0.15, 0.2) is 73.2 Å². The molecule has 4 aromatic rings. The topological polar surface area (TPSA) is 74.0 Å². The Balaban J connectivity index is 1.34. The smallest absolute Gasteiger partial charge is 0.276 e. The number of carbonyl (C=O) groups excluding carboxylic acids is 1. The van der Waals surface area contributed by atoms with Crippen LogP contribution < -0.4 is 10.1 Å². The fourth-order valence-corrected chi connectivity index (χ4v) is 3.02. The lowest BCUT2D eigenvalue weighted by Crippen LogP contribution is -2.14. The van der Waals surface area contributed by atoms with Crippen LogP contribution >= 0.6 is 11.6 Å². The van der Waals surface area contributed by atoms with Crippen molar-refractivity contribution in [1.29, 1.82) is 0 Å². The molecule has 0 saturated heterocycles. The van der Waals surface area contributed by atoms with Crippen LogP contribution in [0.2, 0.25) is 5.02 Å². The summed E-state index contributed by atoms with van der Waals surface area (Å²) in [5, 5.41) is 12.0. The average Bonchev–Trinajstić information content (AvgIpc) is 3.39. The van der Waals surface area contributed by atoms with Crippen molar-refractivity contribution in [3.63, 3.8) is 0 Å². The molecule has 30 heavy (non-hydrogen) atoms. The van der Waals surface area contributed by atoms with Gasteiger partial charge in [-0.3, -0.25) is 9.48 Å². The molecule has 0 fully saturated rings. The van der Waals surface area contributed by atoms with E-state index in [1.165, 1.54) is 11.1 Å². The number of aromatic nitrogens is 4. The lowest BCUT2D eigenvalue weighted by molar-refractivity contribution is 0.102. The molecule has 0 aliphatic rings. The summed E-state index contributed by atoms with van der Waals surface area (Å²) in [6.45, 7) is 2.89. The van der Waals surface area contributed by atoms with Crippen molar-refractivity contribution in [1.82, 2.24) is 19.6 Å². The van der Waals surface area contributed by atoms with Gasteiger partial charge in [-0.15, -0.1) is 0 Å². The van der Waals surface area contributed by atoms with Crippen molar-refractivity contribution < 1.29 is 9.53 Å². The quantitative estimate of drug-likeness (QED) is 0.480. The van der Waals surface area contributed by atoms with E-state index in [9.17, 15) is 4.79 Å². The highest BCUT2D eigenvalue weighted by Gasteiger charge is 2.11. The zero-order valence-electron chi connectivity index (χ0n) is 16.3. The third kappa shape index (κ3) is 4.87. The number of carbonyl (C=O) groups is 1. The highest BCUT2D eigenvalue weighted by molar-refractivity contribution is 6.30. The molecule has 0 unspecified atom stereocenters. The number of hydrogen-bond donors (Lipinski definition) is 1. The summed E-state index contributed by atoms with van der Waals surface area (Å²) < 4.78 is 8.96. The first-order valence-corrected chi connectivity index (χ1v) is 9.75. The van der Waals surface area contributed by atoms with Crippen LogP contribution in [0.25, 0.3) is 0 Å². The highest BCUT2D eigenvalue weighted by atomic mass is 35.5. The molecule has 8 heteroatoms. The number of aryl methyl sites for hydroxylation is 1. The Hall–Kier alpha value is -3.58. The predicted molar refractivity (Wildman–Crippen MR) is 115 cm³/mol. The molecule has 2 aromatic heterocycles. The van der Waals surface area contributed by atoms with Crippen molar-refractivity contribution in [2.24, 2.45) is 0 Å². The van der Waals surface area contributed by atoms with E-state index in [2.05, 4.69) is 34.6 Å². The van der Waals surface area contributed by atoms with E-state index in [0.717, 1.165) is 0 Å². The van der Waals surface area contributed by atoms with Gasteiger partial charge in [0.15, 0.2) is 12.4 Å². The average molecular weight is 422 g/mol. The second-order valence-electron chi connectivity index (χ2n) is 6.78. The van der Waals surface area contributed by atoms with Crippen LogP contribution in [-0.2, 0) is 13.3 Å². The first kappa shape index (κ1) is 19.7. The molecule has 1 N–H and O–H groups in total. The first-order chi connectivity index (χ1) is 14.6. The second kappa shape index (κ2) is 8.84. The summed E-state index contributed by atoms with van der Waals surface area (Å²) in [5.41, 5.74) is 3.28. The summed E-state index contributed by atoms with van der Waals surface area (Å²) >= 11 is 5.86. The molecule has 0 bridgehead atoms. The minimum Gasteiger partial charge on any atom is -0.471 e. The van der Waals surface area contributed by atoms with E-state index in [1.54, 1.807) is 58.3 Å². The number of nitrogens with one attached hydrogen (secondary N) is 1. The largest absolute Gasteiger partial charge is 0.471 e. The molecule has 0 aliphatic heterocycles. The Kier molecular flexibility index (Phi) is 5.81. The maximum Gasteiger partial charge on any atom is 0.276 e. The number of amides is 1. The monoisotopic (exact) mass is 421 g/mol. The lowest BCUT2D eigenvalue weighted by atomic mass is 10.1. The molecule has 7 nitrogen and oxygen atoms in total. The highest BCUT2D eigenvalue weighted by Crippen LogP contribution is 2.16. The first-order valence-electron chi connectivity index (χ1n) is 9.37. The number of rotatable bonds is 7. The molecule has 4 rings (SSSR count). The molecule has 0 atom stereocenters. The second-order valence-corrected chi connectivity index (χ2v) is 7.21. The van der Waals surface area contributed by atoms with Crippen molar-refractivity contribution in [2.45, 2.75) is 20.2 Å². The normalized spacial score (nSPS) is 10.7. The van der Waals surface area contributed by atoms with Crippen LogP contribution in [0, 0.1) is 6.92 Å². The SMILES string of the molecule is Cc1ccccc1Cn1cc(NC(=O)c2ccn(COc3ccc(Cl)cc3)n2)cn1. The Morgan fingerprint density at radius 3 is 2.70 bits per heavy atom. The van der Waals surface area contributed by atoms with Gasteiger partial charge in [-0.25, -0.2) is 4.68 Å². The number of nitrogens with zero attached hydrogens (tertiary/aromatic N) is 4. The van der Waals surface area contributed by atoms with Gasteiger partial charge in [-0.1, -0.05) is 35.9 Å². The number of benzene rings is 2. The van der Waals surface area contributed by atoms with Gasteiger partial charge in [-0.05, 0) is 48.4 Å². The van der Waals surface area contributed by atoms with Crippen LogP contribution in [0.3, 0.4) is 0 Å². The molecule has 0 saturated carbocycles.